The molecule has 110 valence electrons. The highest BCUT2D eigenvalue weighted by Crippen LogP contribution is 2.25. The summed E-state index contributed by atoms with van der Waals surface area (Å²) in [6.07, 6.45) is 4.51. The van der Waals surface area contributed by atoms with Gasteiger partial charge < -0.3 is 14.7 Å². The minimum atomic E-state index is -0.708. The summed E-state index contributed by atoms with van der Waals surface area (Å²) in [5, 5.41) is 8.82. The molecule has 0 atom stereocenters. The van der Waals surface area contributed by atoms with E-state index in [0.29, 0.717) is 12.5 Å². The Kier molecular flexibility index (Phi) is 5.15. The van der Waals surface area contributed by atoms with E-state index in [9.17, 15) is 4.79 Å². The first kappa shape index (κ1) is 14.6. The lowest BCUT2D eigenvalue weighted by atomic mass is 9.94. The molecule has 0 saturated carbocycles. The molecule has 1 aliphatic rings. The zero-order valence-electron chi connectivity index (χ0n) is 11.8. The molecule has 0 aliphatic carbocycles. The average Bonchev–Trinajstić information content (AvgIpc) is 2.45. The third-order valence-corrected chi connectivity index (χ3v) is 3.48. The number of anilines is 1. The van der Waals surface area contributed by atoms with Gasteiger partial charge in [-0.05, 0) is 25.2 Å². The van der Waals surface area contributed by atoms with Crippen LogP contribution < -0.4 is 9.64 Å². The number of carboxylic acids is 1. The number of hydrogen-bond donors (Lipinski definition) is 1. The number of nitrogens with zero attached hydrogens (tertiary/aromatic N) is 3. The van der Waals surface area contributed by atoms with Crippen LogP contribution in [-0.2, 0) is 4.79 Å². The molecule has 0 bridgehead atoms. The Balaban J connectivity index is 1.91. The van der Waals surface area contributed by atoms with Crippen LogP contribution in [0.15, 0.2) is 12.4 Å². The van der Waals surface area contributed by atoms with Gasteiger partial charge in [0.25, 0.3) is 0 Å². The Hall–Kier alpha value is -1.85. The van der Waals surface area contributed by atoms with Crippen molar-refractivity contribution in [1.82, 2.24) is 9.97 Å². The highest BCUT2D eigenvalue weighted by molar-refractivity contribution is 5.67. The van der Waals surface area contributed by atoms with Gasteiger partial charge in [-0.2, -0.15) is 0 Å². The molecule has 2 rings (SSSR count). The van der Waals surface area contributed by atoms with Crippen molar-refractivity contribution < 1.29 is 14.6 Å². The van der Waals surface area contributed by atoms with Crippen molar-refractivity contribution in [2.45, 2.75) is 32.6 Å². The lowest BCUT2D eigenvalue weighted by Gasteiger charge is -2.32. The van der Waals surface area contributed by atoms with E-state index in [1.807, 2.05) is 6.07 Å². The Labute approximate surface area is 118 Å². The second-order valence-electron chi connectivity index (χ2n) is 5.09. The van der Waals surface area contributed by atoms with Gasteiger partial charge in [0, 0.05) is 25.6 Å². The molecule has 1 fully saturated rings. The van der Waals surface area contributed by atoms with Crippen LogP contribution in [0.25, 0.3) is 0 Å². The van der Waals surface area contributed by atoms with Gasteiger partial charge in [-0.3, -0.25) is 4.79 Å². The first-order valence-electron chi connectivity index (χ1n) is 7.10. The molecule has 1 saturated heterocycles. The molecular weight excluding hydrogens is 258 g/mol. The number of hydrogen-bond acceptors (Lipinski definition) is 5. The van der Waals surface area contributed by atoms with Crippen LogP contribution in [0.5, 0.6) is 5.88 Å². The lowest BCUT2D eigenvalue weighted by molar-refractivity contribution is -0.138. The maximum Gasteiger partial charge on any atom is 0.303 e. The van der Waals surface area contributed by atoms with Gasteiger partial charge in [0.05, 0.1) is 6.61 Å². The lowest BCUT2D eigenvalue weighted by Crippen LogP contribution is -2.34. The van der Waals surface area contributed by atoms with E-state index in [2.05, 4.69) is 21.8 Å². The summed E-state index contributed by atoms with van der Waals surface area (Å²) in [6, 6.07) is 1.85. The molecule has 0 aromatic carbocycles. The fraction of sp³-hybridized carbons (Fsp3) is 0.643. The minimum absolute atomic E-state index is 0.266. The predicted octanol–water partition coefficient (Wildman–Crippen LogP) is 1.96. The molecule has 0 radical (unpaired) electrons. The Morgan fingerprint density at radius 3 is 2.85 bits per heavy atom. The van der Waals surface area contributed by atoms with Crippen LogP contribution >= 0.6 is 0 Å². The molecule has 0 unspecified atom stereocenters. The van der Waals surface area contributed by atoms with E-state index in [0.717, 1.165) is 38.2 Å². The number of rotatable bonds is 6. The molecular formula is C14H21N3O3. The van der Waals surface area contributed by atoms with Crippen molar-refractivity contribution in [1.29, 1.82) is 0 Å². The van der Waals surface area contributed by atoms with E-state index in [-0.39, 0.29) is 12.3 Å². The first-order chi connectivity index (χ1) is 9.69. The van der Waals surface area contributed by atoms with Gasteiger partial charge in [-0.1, -0.05) is 6.92 Å². The summed E-state index contributed by atoms with van der Waals surface area (Å²) in [7, 11) is 0. The maximum atomic E-state index is 10.7. The van der Waals surface area contributed by atoms with Crippen LogP contribution in [0.3, 0.4) is 0 Å². The van der Waals surface area contributed by atoms with Crippen molar-refractivity contribution in [2.24, 2.45) is 5.92 Å². The van der Waals surface area contributed by atoms with E-state index >= 15 is 0 Å². The van der Waals surface area contributed by atoms with Crippen molar-refractivity contribution in [2.75, 3.05) is 24.6 Å². The molecule has 1 aromatic heterocycles. The standard InChI is InChI=1S/C14H21N3O3/c1-2-7-20-13-9-12(15-10-16-13)17-5-3-11(4-6-17)8-14(18)19/h9-11H,2-8H2,1H3,(H,18,19). The highest BCUT2D eigenvalue weighted by Gasteiger charge is 2.22. The summed E-state index contributed by atoms with van der Waals surface area (Å²) >= 11 is 0. The van der Waals surface area contributed by atoms with E-state index in [1.165, 1.54) is 6.33 Å². The molecule has 1 N–H and O–H groups in total. The second-order valence-corrected chi connectivity index (χ2v) is 5.09. The number of carbonyl (C=O) groups is 1. The van der Waals surface area contributed by atoms with Gasteiger partial charge in [0.1, 0.15) is 12.1 Å². The summed E-state index contributed by atoms with van der Waals surface area (Å²) in [6.45, 7) is 4.37. The van der Waals surface area contributed by atoms with Crippen molar-refractivity contribution in [3.05, 3.63) is 12.4 Å². The number of piperidine rings is 1. The van der Waals surface area contributed by atoms with Crippen molar-refractivity contribution in [3.63, 3.8) is 0 Å². The van der Waals surface area contributed by atoms with Gasteiger partial charge >= 0.3 is 5.97 Å². The molecule has 1 aromatic rings. The molecule has 20 heavy (non-hydrogen) atoms. The largest absolute Gasteiger partial charge is 0.481 e. The predicted molar refractivity (Wildman–Crippen MR) is 75.0 cm³/mol. The summed E-state index contributed by atoms with van der Waals surface area (Å²) in [4.78, 5) is 21.2. The number of carboxylic acid groups (broad SMARTS) is 1. The molecule has 1 aliphatic heterocycles. The van der Waals surface area contributed by atoms with Gasteiger partial charge in [0.15, 0.2) is 0 Å². The quantitative estimate of drug-likeness (QED) is 0.858. The van der Waals surface area contributed by atoms with Crippen LogP contribution in [0, 0.1) is 5.92 Å². The molecule has 0 amide bonds. The van der Waals surface area contributed by atoms with Crippen LogP contribution in [-0.4, -0.2) is 40.7 Å². The summed E-state index contributed by atoms with van der Waals surface area (Å²) in [5.74, 6) is 1.03. The highest BCUT2D eigenvalue weighted by atomic mass is 16.5. The van der Waals surface area contributed by atoms with E-state index in [1.54, 1.807) is 0 Å². The van der Waals surface area contributed by atoms with Gasteiger partial charge in [0.2, 0.25) is 5.88 Å². The Bertz CT molecular complexity index is 445. The second kappa shape index (κ2) is 7.07. The zero-order chi connectivity index (χ0) is 14.4. The third-order valence-electron chi connectivity index (χ3n) is 3.48. The SMILES string of the molecule is CCCOc1cc(N2CCC(CC(=O)O)CC2)ncn1. The maximum absolute atomic E-state index is 10.7. The van der Waals surface area contributed by atoms with Crippen molar-refractivity contribution >= 4 is 11.8 Å². The molecule has 6 heteroatoms. The van der Waals surface area contributed by atoms with Crippen LogP contribution in [0.2, 0.25) is 0 Å². The van der Waals surface area contributed by atoms with Crippen LogP contribution in [0.1, 0.15) is 32.6 Å². The monoisotopic (exact) mass is 279 g/mol. The Morgan fingerprint density at radius 1 is 1.45 bits per heavy atom. The minimum Gasteiger partial charge on any atom is -0.481 e. The van der Waals surface area contributed by atoms with E-state index < -0.39 is 5.97 Å². The van der Waals surface area contributed by atoms with Crippen LogP contribution in [0.4, 0.5) is 5.82 Å². The Morgan fingerprint density at radius 2 is 2.20 bits per heavy atom. The molecule has 2 heterocycles. The van der Waals surface area contributed by atoms with Gasteiger partial charge in [-0.15, -0.1) is 0 Å². The summed E-state index contributed by atoms with van der Waals surface area (Å²) < 4.78 is 5.50. The van der Waals surface area contributed by atoms with Gasteiger partial charge in [-0.25, -0.2) is 9.97 Å². The fourth-order valence-electron chi connectivity index (χ4n) is 2.40. The summed E-state index contributed by atoms with van der Waals surface area (Å²) in [5.41, 5.74) is 0. The van der Waals surface area contributed by atoms with E-state index in [4.69, 9.17) is 9.84 Å². The number of aromatic nitrogens is 2. The average molecular weight is 279 g/mol. The topological polar surface area (TPSA) is 75.5 Å². The molecule has 6 nitrogen and oxygen atoms in total. The fourth-order valence-corrected chi connectivity index (χ4v) is 2.40. The van der Waals surface area contributed by atoms with Crippen molar-refractivity contribution in [3.8, 4) is 5.88 Å². The smallest absolute Gasteiger partial charge is 0.303 e. The first-order valence-corrected chi connectivity index (χ1v) is 7.10. The normalized spacial score (nSPS) is 16.1. The number of aliphatic carboxylic acids is 1. The number of ether oxygens (including phenoxy) is 1. The molecule has 0 spiro atoms. The zero-order valence-corrected chi connectivity index (χ0v) is 11.8. The third kappa shape index (κ3) is 4.08.